The molecule has 4 aromatic rings. The Labute approximate surface area is 261 Å². The van der Waals surface area contributed by atoms with Gasteiger partial charge >= 0.3 is 0 Å². The van der Waals surface area contributed by atoms with Crippen LogP contribution in [0.15, 0.2) is 53.6 Å². The Morgan fingerprint density at radius 3 is 2.24 bits per heavy atom. The fourth-order valence-electron chi connectivity index (χ4n) is 7.32. The highest BCUT2D eigenvalue weighted by molar-refractivity contribution is 7.93. The van der Waals surface area contributed by atoms with Crippen molar-refractivity contribution in [3.63, 3.8) is 0 Å². The smallest absolute Gasteiger partial charge is 0.267 e. The van der Waals surface area contributed by atoms with Gasteiger partial charge in [0.25, 0.3) is 10.0 Å². The molecular weight excluding hydrogens is 648 g/mol. The second-order valence-corrected chi connectivity index (χ2v) is 17.5. The van der Waals surface area contributed by atoms with Gasteiger partial charge in [-0.3, -0.25) is 4.72 Å². The van der Waals surface area contributed by atoms with Gasteiger partial charge in [-0.05, 0) is 68.4 Å². The van der Waals surface area contributed by atoms with Gasteiger partial charge in [-0.2, -0.15) is 0 Å². The molecule has 2 bridgehead atoms. The number of thiazole rings is 1. The first-order valence-electron chi connectivity index (χ1n) is 14.4. The monoisotopic (exact) mass is 673 g/mol. The number of benzene rings is 2. The second kappa shape index (κ2) is 9.72. The molecule has 45 heavy (non-hydrogen) atoms. The quantitative estimate of drug-likeness (QED) is 0.250. The normalized spacial score (nSPS) is 24.2. The molecule has 9 nitrogen and oxygen atoms in total. The number of sulfonamides is 1. The van der Waals surface area contributed by atoms with Crippen molar-refractivity contribution in [1.29, 1.82) is 0 Å². The first kappa shape index (κ1) is 28.9. The summed E-state index contributed by atoms with van der Waals surface area (Å²) in [5.74, 6) is -2.10. The van der Waals surface area contributed by atoms with Crippen LogP contribution in [0.4, 0.5) is 24.8 Å². The molecule has 0 amide bonds. The third-order valence-electron chi connectivity index (χ3n) is 9.44. The summed E-state index contributed by atoms with van der Waals surface area (Å²) in [6.07, 6.45) is 6.03. The van der Waals surface area contributed by atoms with Crippen molar-refractivity contribution >= 4 is 42.8 Å². The summed E-state index contributed by atoms with van der Waals surface area (Å²) < 4.78 is 96.0. The molecule has 1 saturated heterocycles. The molecule has 5 fully saturated rings. The number of nitrogens with zero attached hydrogens (tertiary/aromatic N) is 3. The van der Waals surface area contributed by atoms with Gasteiger partial charge in [0.2, 0.25) is 5.95 Å². The van der Waals surface area contributed by atoms with E-state index in [0.29, 0.717) is 35.3 Å². The first-order valence-corrected chi connectivity index (χ1v) is 18.5. The van der Waals surface area contributed by atoms with E-state index in [2.05, 4.69) is 10.3 Å². The lowest BCUT2D eigenvalue weighted by atomic mass is 9.45. The van der Waals surface area contributed by atoms with Crippen molar-refractivity contribution in [3.8, 4) is 21.8 Å². The van der Waals surface area contributed by atoms with Gasteiger partial charge in [-0.1, -0.05) is 12.1 Å². The largest absolute Gasteiger partial charge is 0.351 e. The van der Waals surface area contributed by atoms with E-state index < -0.39 is 47.9 Å². The lowest BCUT2D eigenvalue weighted by molar-refractivity contribution is -0.0274. The third kappa shape index (κ3) is 4.73. The highest BCUT2D eigenvalue weighted by Crippen LogP contribution is 2.66. The molecule has 4 aliphatic carbocycles. The zero-order valence-corrected chi connectivity index (χ0v) is 26.0. The van der Waals surface area contributed by atoms with Crippen LogP contribution in [0.2, 0.25) is 0 Å². The predicted molar refractivity (Wildman–Crippen MR) is 162 cm³/mol. The van der Waals surface area contributed by atoms with Crippen LogP contribution in [0, 0.1) is 28.8 Å². The van der Waals surface area contributed by atoms with Gasteiger partial charge in [0.05, 0.1) is 33.5 Å². The maximum absolute atomic E-state index is 16.1. The first-order chi connectivity index (χ1) is 21.3. The molecule has 2 N–H and O–H groups in total. The topological polar surface area (TPSA) is 131 Å². The third-order valence-corrected chi connectivity index (χ3v) is 14.3. The van der Waals surface area contributed by atoms with Crippen molar-refractivity contribution in [2.45, 2.75) is 48.5 Å². The molecule has 1 aliphatic heterocycles. The van der Waals surface area contributed by atoms with Crippen LogP contribution < -0.4 is 10.0 Å². The molecular formula is C30H26F3N5O4S3. The zero-order chi connectivity index (χ0) is 31.4. The highest BCUT2D eigenvalue weighted by Gasteiger charge is 2.59. The van der Waals surface area contributed by atoms with Crippen LogP contribution in [0.1, 0.15) is 37.1 Å². The molecule has 5 aliphatic rings. The van der Waals surface area contributed by atoms with E-state index in [-0.39, 0.29) is 39.6 Å². The SMILES string of the molecule is O=S1(=O)CC2(CC(Nc3nccc(-c4sc(C56CC(C5)C6)nc4-c4cccc(NS(=O)(=O)c5c(F)cccc5F)c4F)n3)C2)C1. The molecule has 0 unspecified atom stereocenters. The van der Waals surface area contributed by atoms with E-state index in [1.807, 2.05) is 4.72 Å². The van der Waals surface area contributed by atoms with Crippen molar-refractivity contribution < 1.29 is 30.0 Å². The number of hydrogen-bond donors (Lipinski definition) is 2. The Morgan fingerprint density at radius 2 is 1.60 bits per heavy atom. The van der Waals surface area contributed by atoms with Gasteiger partial charge in [0.15, 0.2) is 20.5 Å². The minimum Gasteiger partial charge on any atom is -0.351 e. The van der Waals surface area contributed by atoms with E-state index in [0.717, 1.165) is 42.5 Å². The molecule has 15 heteroatoms. The van der Waals surface area contributed by atoms with Crippen LogP contribution in [0.5, 0.6) is 0 Å². The Balaban J connectivity index is 1.13. The molecule has 3 heterocycles. The Bertz CT molecular complexity index is 2070. The molecule has 2 aromatic carbocycles. The van der Waals surface area contributed by atoms with Crippen LogP contribution in [-0.2, 0) is 25.3 Å². The van der Waals surface area contributed by atoms with E-state index in [9.17, 15) is 25.6 Å². The van der Waals surface area contributed by atoms with Gasteiger partial charge in [-0.25, -0.2) is 45.0 Å². The number of halogens is 3. The number of rotatable bonds is 8. The number of sulfone groups is 1. The predicted octanol–water partition coefficient (Wildman–Crippen LogP) is 5.53. The van der Waals surface area contributed by atoms with Crippen LogP contribution in [0.3, 0.4) is 0 Å². The van der Waals surface area contributed by atoms with Gasteiger partial charge in [-0.15, -0.1) is 11.3 Å². The summed E-state index contributed by atoms with van der Waals surface area (Å²) in [6, 6.07) is 8.48. The summed E-state index contributed by atoms with van der Waals surface area (Å²) >= 11 is 1.42. The molecule has 1 spiro atoms. The van der Waals surface area contributed by atoms with Crippen LogP contribution in [0.25, 0.3) is 21.8 Å². The Kier molecular flexibility index (Phi) is 6.24. The molecule has 9 rings (SSSR count). The highest BCUT2D eigenvalue weighted by atomic mass is 32.2. The molecule has 234 valence electrons. The minimum absolute atomic E-state index is 0.00792. The van der Waals surface area contributed by atoms with Crippen molar-refractivity contribution in [3.05, 3.63) is 71.1 Å². The number of hydrogen-bond acceptors (Lipinski definition) is 9. The van der Waals surface area contributed by atoms with E-state index in [1.165, 1.54) is 29.5 Å². The summed E-state index contributed by atoms with van der Waals surface area (Å²) in [6.45, 7) is 0. The molecule has 2 aromatic heterocycles. The summed E-state index contributed by atoms with van der Waals surface area (Å²) in [5, 5.41) is 4.15. The van der Waals surface area contributed by atoms with E-state index in [4.69, 9.17) is 9.97 Å². The van der Waals surface area contributed by atoms with Crippen molar-refractivity contribution in [2.24, 2.45) is 11.3 Å². The van der Waals surface area contributed by atoms with Gasteiger partial charge < -0.3 is 5.32 Å². The molecule has 0 atom stereocenters. The average molecular weight is 674 g/mol. The number of nitrogens with one attached hydrogen (secondary N) is 2. The van der Waals surface area contributed by atoms with Crippen LogP contribution in [-0.4, -0.2) is 49.3 Å². The average Bonchev–Trinajstić information content (AvgIpc) is 3.30. The summed E-state index contributed by atoms with van der Waals surface area (Å²) in [7, 11) is -7.74. The van der Waals surface area contributed by atoms with Crippen LogP contribution >= 0.6 is 11.3 Å². The minimum atomic E-state index is -4.81. The van der Waals surface area contributed by atoms with E-state index in [1.54, 1.807) is 12.3 Å². The number of anilines is 2. The fourth-order valence-corrected chi connectivity index (χ4v) is 12.0. The Hall–Kier alpha value is -3.56. The summed E-state index contributed by atoms with van der Waals surface area (Å²) in [4.78, 5) is 13.3. The fraction of sp³-hybridized carbons (Fsp3) is 0.367. The Morgan fingerprint density at radius 1 is 0.911 bits per heavy atom. The standard InChI is InChI=1S/C30H26F3N5O4S3/c31-19-4-2-5-20(32)26(19)45(41,42)38-21-6-1-3-18(23(21)33)24-25(43-27(37-24)30-9-16(10-30)11-30)22-7-8-34-28(36-22)35-17-12-29(13-17)14-44(39,40)15-29/h1-8,16-17,38H,9-15H2,(H,34,35,36). The molecule has 0 radical (unpaired) electrons. The lowest BCUT2D eigenvalue weighted by Gasteiger charge is -2.60. The second-order valence-electron chi connectivity index (χ2n) is 12.8. The maximum atomic E-state index is 16.1. The van der Waals surface area contributed by atoms with Gasteiger partial charge in [0, 0.05) is 28.6 Å². The van der Waals surface area contributed by atoms with Gasteiger partial charge in [0.1, 0.15) is 16.6 Å². The van der Waals surface area contributed by atoms with E-state index >= 15 is 4.39 Å². The maximum Gasteiger partial charge on any atom is 0.267 e. The van der Waals surface area contributed by atoms with Crippen molar-refractivity contribution in [1.82, 2.24) is 15.0 Å². The molecule has 4 saturated carbocycles. The zero-order valence-electron chi connectivity index (χ0n) is 23.6. The van der Waals surface area contributed by atoms with Crippen molar-refractivity contribution in [2.75, 3.05) is 21.5 Å². The summed E-state index contributed by atoms with van der Waals surface area (Å²) in [5.41, 5.74) is 0.0899. The number of aromatic nitrogens is 3. The lowest BCUT2D eigenvalue weighted by Crippen LogP contribution is -2.60.